The lowest BCUT2D eigenvalue weighted by Crippen LogP contribution is -2.20. The SMILES string of the molecule is CCOCCn1c(=NC(=O)c2cc([N+](=O)[O-])ccc2Cl)sc2cc(S(C)(=O)=O)ccc21. The van der Waals surface area contributed by atoms with Gasteiger partial charge in [0.15, 0.2) is 14.6 Å². The Morgan fingerprint density at radius 2 is 2.03 bits per heavy atom. The maximum absolute atomic E-state index is 12.8. The first-order valence-electron chi connectivity index (χ1n) is 9.06. The number of aromatic nitrogens is 1. The number of ether oxygens (including phenoxy) is 1. The number of sulfone groups is 1. The zero-order valence-corrected chi connectivity index (χ0v) is 19.0. The van der Waals surface area contributed by atoms with Crippen LogP contribution in [0.5, 0.6) is 0 Å². The summed E-state index contributed by atoms with van der Waals surface area (Å²) in [5, 5.41) is 11.1. The number of fused-ring (bicyclic) bond motifs is 1. The summed E-state index contributed by atoms with van der Waals surface area (Å²) in [5.74, 6) is -0.742. The van der Waals surface area contributed by atoms with Crippen LogP contribution >= 0.6 is 22.9 Å². The van der Waals surface area contributed by atoms with E-state index in [-0.39, 0.29) is 21.2 Å². The predicted octanol–water partition coefficient (Wildman–Crippen LogP) is 3.45. The quantitative estimate of drug-likeness (QED) is 0.288. The summed E-state index contributed by atoms with van der Waals surface area (Å²) in [5.41, 5.74) is 0.316. The molecule has 0 radical (unpaired) electrons. The molecule has 0 aliphatic heterocycles. The third-order valence-corrected chi connectivity index (χ3v) is 6.82. The Kier molecular flexibility index (Phi) is 6.90. The lowest BCUT2D eigenvalue weighted by Gasteiger charge is -2.06. The fourth-order valence-electron chi connectivity index (χ4n) is 2.82. The Hall–Kier alpha value is -2.60. The molecule has 0 atom stereocenters. The van der Waals surface area contributed by atoms with E-state index in [0.29, 0.717) is 34.8 Å². The topological polar surface area (TPSA) is 121 Å². The van der Waals surface area contributed by atoms with E-state index in [9.17, 15) is 23.3 Å². The van der Waals surface area contributed by atoms with Crippen LogP contribution in [0.2, 0.25) is 5.02 Å². The Labute approximate surface area is 186 Å². The van der Waals surface area contributed by atoms with Gasteiger partial charge in [-0.2, -0.15) is 4.99 Å². The van der Waals surface area contributed by atoms with Gasteiger partial charge >= 0.3 is 0 Å². The van der Waals surface area contributed by atoms with E-state index in [1.54, 1.807) is 10.6 Å². The molecule has 12 heteroatoms. The number of hydrogen-bond donors (Lipinski definition) is 0. The maximum Gasteiger partial charge on any atom is 0.281 e. The number of nitro benzene ring substituents is 1. The fourth-order valence-corrected chi connectivity index (χ4v) is 4.84. The number of carbonyl (C=O) groups excluding carboxylic acids is 1. The monoisotopic (exact) mass is 483 g/mol. The molecule has 0 aliphatic carbocycles. The number of hydrogen-bond acceptors (Lipinski definition) is 7. The van der Waals surface area contributed by atoms with E-state index in [0.717, 1.165) is 23.7 Å². The van der Waals surface area contributed by atoms with Crippen molar-refractivity contribution in [1.82, 2.24) is 4.57 Å². The van der Waals surface area contributed by atoms with E-state index >= 15 is 0 Å². The van der Waals surface area contributed by atoms with Crippen molar-refractivity contribution in [1.29, 1.82) is 0 Å². The van der Waals surface area contributed by atoms with Gasteiger partial charge in [0.2, 0.25) is 0 Å². The number of rotatable bonds is 7. The van der Waals surface area contributed by atoms with Gasteiger partial charge < -0.3 is 9.30 Å². The van der Waals surface area contributed by atoms with Gasteiger partial charge in [-0.15, -0.1) is 0 Å². The molecule has 1 amide bonds. The first kappa shape index (κ1) is 23.1. The number of thiazole rings is 1. The van der Waals surface area contributed by atoms with Crippen LogP contribution < -0.4 is 4.80 Å². The van der Waals surface area contributed by atoms with Crippen LogP contribution in [0.1, 0.15) is 17.3 Å². The van der Waals surface area contributed by atoms with Gasteiger partial charge in [-0.1, -0.05) is 22.9 Å². The minimum absolute atomic E-state index is 0.0423. The van der Waals surface area contributed by atoms with E-state index < -0.39 is 20.7 Å². The number of carbonyl (C=O) groups is 1. The first-order chi connectivity index (χ1) is 14.6. The summed E-state index contributed by atoms with van der Waals surface area (Å²) in [4.78, 5) is 27.8. The summed E-state index contributed by atoms with van der Waals surface area (Å²) in [6, 6.07) is 8.22. The molecular weight excluding hydrogens is 466 g/mol. The van der Waals surface area contributed by atoms with Crippen LogP contribution in [0.25, 0.3) is 10.2 Å². The summed E-state index contributed by atoms with van der Waals surface area (Å²) in [6.45, 7) is 3.10. The number of halogens is 1. The number of benzene rings is 2. The van der Waals surface area contributed by atoms with Crippen molar-refractivity contribution in [2.75, 3.05) is 19.5 Å². The third kappa shape index (κ3) is 5.18. The summed E-state index contributed by atoms with van der Waals surface area (Å²) >= 11 is 7.19. The Morgan fingerprint density at radius 3 is 2.68 bits per heavy atom. The van der Waals surface area contributed by atoms with Crippen molar-refractivity contribution in [3.63, 3.8) is 0 Å². The highest BCUT2D eigenvalue weighted by Gasteiger charge is 2.17. The zero-order valence-electron chi connectivity index (χ0n) is 16.6. The van der Waals surface area contributed by atoms with Crippen molar-refractivity contribution >= 4 is 54.6 Å². The molecule has 0 fully saturated rings. The van der Waals surface area contributed by atoms with Gasteiger partial charge in [-0.3, -0.25) is 14.9 Å². The molecule has 1 heterocycles. The van der Waals surface area contributed by atoms with Gasteiger partial charge in [0, 0.05) is 31.5 Å². The normalized spacial score (nSPS) is 12.4. The molecule has 0 unspecified atom stereocenters. The smallest absolute Gasteiger partial charge is 0.281 e. The largest absolute Gasteiger partial charge is 0.380 e. The molecule has 0 N–H and O–H groups in total. The molecule has 3 aromatic rings. The minimum atomic E-state index is -3.41. The second-order valence-corrected chi connectivity index (χ2v) is 9.91. The molecule has 0 saturated carbocycles. The summed E-state index contributed by atoms with van der Waals surface area (Å²) < 4.78 is 31.6. The molecule has 0 bridgehead atoms. The molecule has 1 aromatic heterocycles. The average molecular weight is 484 g/mol. The van der Waals surface area contributed by atoms with Gasteiger partial charge in [0.1, 0.15) is 0 Å². The van der Waals surface area contributed by atoms with Gasteiger partial charge in [-0.25, -0.2) is 8.42 Å². The van der Waals surface area contributed by atoms with Crippen LogP contribution in [0.15, 0.2) is 46.3 Å². The third-order valence-electron chi connectivity index (χ3n) is 4.33. The first-order valence-corrected chi connectivity index (χ1v) is 12.1. The van der Waals surface area contributed by atoms with E-state index in [1.165, 1.54) is 24.3 Å². The summed E-state index contributed by atoms with van der Waals surface area (Å²) in [7, 11) is -3.41. The van der Waals surface area contributed by atoms with Crippen molar-refractivity contribution in [3.8, 4) is 0 Å². The number of amides is 1. The molecule has 0 spiro atoms. The molecule has 0 aliphatic rings. The van der Waals surface area contributed by atoms with Gasteiger partial charge in [-0.05, 0) is 31.2 Å². The van der Waals surface area contributed by atoms with Crippen molar-refractivity contribution in [2.24, 2.45) is 4.99 Å². The lowest BCUT2D eigenvalue weighted by atomic mass is 10.2. The van der Waals surface area contributed by atoms with Crippen molar-refractivity contribution < 1.29 is 22.9 Å². The molecule has 164 valence electrons. The van der Waals surface area contributed by atoms with E-state index in [4.69, 9.17) is 16.3 Å². The predicted molar refractivity (Wildman–Crippen MR) is 117 cm³/mol. The fraction of sp³-hybridized carbons (Fsp3) is 0.263. The Morgan fingerprint density at radius 1 is 1.29 bits per heavy atom. The second-order valence-electron chi connectivity index (χ2n) is 6.47. The molecular formula is C19H18ClN3O6S2. The highest BCUT2D eigenvalue weighted by atomic mass is 35.5. The second kappa shape index (κ2) is 9.27. The van der Waals surface area contributed by atoms with Gasteiger partial charge in [0.05, 0.1) is 37.2 Å². The van der Waals surface area contributed by atoms with E-state index in [1.807, 2.05) is 6.92 Å². The maximum atomic E-state index is 12.8. The zero-order chi connectivity index (χ0) is 22.8. The van der Waals surface area contributed by atoms with E-state index in [2.05, 4.69) is 4.99 Å². The summed E-state index contributed by atoms with van der Waals surface area (Å²) in [6.07, 6.45) is 1.12. The molecule has 31 heavy (non-hydrogen) atoms. The minimum Gasteiger partial charge on any atom is -0.380 e. The lowest BCUT2D eigenvalue weighted by molar-refractivity contribution is -0.384. The number of nitro groups is 1. The molecule has 2 aromatic carbocycles. The molecule has 0 saturated heterocycles. The highest BCUT2D eigenvalue weighted by Crippen LogP contribution is 2.24. The Bertz CT molecular complexity index is 1340. The van der Waals surface area contributed by atoms with Crippen LogP contribution in [-0.4, -0.2) is 43.3 Å². The van der Waals surface area contributed by atoms with Crippen LogP contribution in [0.4, 0.5) is 5.69 Å². The molecule has 3 rings (SSSR count). The van der Waals surface area contributed by atoms with Crippen molar-refractivity contribution in [2.45, 2.75) is 18.4 Å². The van der Waals surface area contributed by atoms with Gasteiger partial charge in [0.25, 0.3) is 11.6 Å². The highest BCUT2D eigenvalue weighted by molar-refractivity contribution is 7.90. The number of non-ortho nitro benzene ring substituents is 1. The van der Waals surface area contributed by atoms with Crippen LogP contribution in [-0.2, 0) is 21.1 Å². The van der Waals surface area contributed by atoms with Crippen molar-refractivity contribution in [3.05, 3.63) is 61.9 Å². The van der Waals surface area contributed by atoms with Crippen LogP contribution in [0.3, 0.4) is 0 Å². The van der Waals surface area contributed by atoms with Crippen LogP contribution in [0, 0.1) is 10.1 Å². The Balaban J connectivity index is 2.16. The average Bonchev–Trinajstić information content (AvgIpc) is 3.04. The standard InChI is InChI=1S/C19H18ClN3O6S2/c1-3-29-9-8-22-16-7-5-13(31(2,27)28)11-17(16)30-19(22)21-18(24)14-10-12(23(25)26)4-6-15(14)20/h4-7,10-11H,3,8-9H2,1-2H3. The molecule has 9 nitrogen and oxygen atoms in total. The number of nitrogens with zero attached hydrogens (tertiary/aromatic N) is 3.